The molecule has 0 heterocycles. The molecule has 0 spiro atoms. The van der Waals surface area contributed by atoms with Gasteiger partial charge >= 0.3 is 18.9 Å². The van der Waals surface area contributed by atoms with Gasteiger partial charge in [0.2, 0.25) is 0 Å². The molecule has 0 aromatic rings. The molecular formula is C3H10LiNO3S. The van der Waals surface area contributed by atoms with Gasteiger partial charge in [-0.15, -0.1) is 0 Å². The fourth-order valence-corrected chi connectivity index (χ4v) is 0.365. The molecule has 0 radical (unpaired) electrons. The largest absolute Gasteiger partial charge is 1.00 e. The molecule has 52 valence electrons. The number of hydrogen-bond donors (Lipinski definition) is 2. The molecule has 0 saturated carbocycles. The van der Waals surface area contributed by atoms with Gasteiger partial charge in [0.05, 0.1) is 5.25 Å². The molecule has 0 rings (SSSR count). The summed E-state index contributed by atoms with van der Waals surface area (Å²) in [5.74, 6) is 0. The smallest absolute Gasteiger partial charge is 1.00 e. The Morgan fingerprint density at radius 3 is 2.11 bits per heavy atom. The minimum atomic E-state index is -3.88. The zero-order valence-corrected chi connectivity index (χ0v) is 6.35. The predicted molar refractivity (Wildman–Crippen MR) is 31.2 cm³/mol. The second-order valence-corrected chi connectivity index (χ2v) is 3.40. The minimum absolute atomic E-state index is 0. The van der Waals surface area contributed by atoms with E-state index in [0.717, 1.165) is 0 Å². The monoisotopic (exact) mass is 147 g/mol. The van der Waals surface area contributed by atoms with Gasteiger partial charge in [-0.1, -0.05) is 0 Å². The van der Waals surface area contributed by atoms with Gasteiger partial charge in [0.1, 0.15) is 0 Å². The summed E-state index contributed by atoms with van der Waals surface area (Å²) >= 11 is 0. The molecule has 1 atom stereocenters. The Hall–Kier alpha value is 0.467. The molecule has 0 amide bonds. The molecule has 3 N–H and O–H groups in total. The van der Waals surface area contributed by atoms with Gasteiger partial charge in [-0.25, -0.2) is 0 Å². The average Bonchev–Trinajstić information content (AvgIpc) is 1.62. The van der Waals surface area contributed by atoms with Crippen LogP contribution in [-0.4, -0.2) is 24.8 Å². The Balaban J connectivity index is -0.000000245. The molecule has 1 unspecified atom stereocenters. The van der Waals surface area contributed by atoms with E-state index in [4.69, 9.17) is 10.3 Å². The van der Waals surface area contributed by atoms with Crippen molar-refractivity contribution < 1.29 is 33.3 Å². The van der Waals surface area contributed by atoms with Crippen LogP contribution in [-0.2, 0) is 10.1 Å². The van der Waals surface area contributed by atoms with Crippen LogP contribution in [0, 0.1) is 0 Å². The van der Waals surface area contributed by atoms with Crippen molar-refractivity contribution in [3.8, 4) is 0 Å². The maximum Gasteiger partial charge on any atom is 1.00 e. The Labute approximate surface area is 68.2 Å². The minimum Gasteiger partial charge on any atom is -1.00 e. The summed E-state index contributed by atoms with van der Waals surface area (Å²) in [4.78, 5) is 0. The number of hydrogen-bond acceptors (Lipinski definition) is 3. The van der Waals surface area contributed by atoms with E-state index in [-0.39, 0.29) is 26.8 Å². The molecule has 0 fully saturated rings. The maximum atomic E-state index is 10.0. The quantitative estimate of drug-likeness (QED) is 0.311. The van der Waals surface area contributed by atoms with Crippen LogP contribution in [0.5, 0.6) is 0 Å². The second kappa shape index (κ2) is 4.31. The molecule has 0 aliphatic heterocycles. The molecule has 0 aliphatic carbocycles. The van der Waals surface area contributed by atoms with Gasteiger partial charge in [-0.3, -0.25) is 4.55 Å². The van der Waals surface area contributed by atoms with E-state index in [9.17, 15) is 8.42 Å². The summed E-state index contributed by atoms with van der Waals surface area (Å²) in [5, 5.41) is -0.845. The van der Waals surface area contributed by atoms with Crippen molar-refractivity contribution in [1.82, 2.24) is 0 Å². The first-order chi connectivity index (χ1) is 3.48. The SMILES string of the molecule is CC(CN)S(=O)(=O)O.[H-].[Li+]. The molecule has 0 bridgehead atoms. The van der Waals surface area contributed by atoms with Crippen molar-refractivity contribution in [3.05, 3.63) is 0 Å². The molecular weight excluding hydrogens is 137 g/mol. The van der Waals surface area contributed by atoms with Crippen LogP contribution in [0.25, 0.3) is 0 Å². The van der Waals surface area contributed by atoms with Crippen molar-refractivity contribution in [2.24, 2.45) is 5.73 Å². The van der Waals surface area contributed by atoms with Gasteiger partial charge in [0.15, 0.2) is 0 Å². The van der Waals surface area contributed by atoms with Crippen LogP contribution < -0.4 is 24.6 Å². The fourth-order valence-electron chi connectivity index (χ4n) is 0.122. The van der Waals surface area contributed by atoms with Gasteiger partial charge < -0.3 is 7.16 Å². The van der Waals surface area contributed by atoms with Crippen LogP contribution in [0.15, 0.2) is 0 Å². The normalized spacial score (nSPS) is 14.1. The molecule has 0 aliphatic rings. The number of nitrogens with two attached hydrogens (primary N) is 1. The van der Waals surface area contributed by atoms with Crippen molar-refractivity contribution >= 4 is 10.1 Å². The van der Waals surface area contributed by atoms with Crippen LogP contribution >= 0.6 is 0 Å². The number of rotatable bonds is 2. The Morgan fingerprint density at radius 2 is 2.11 bits per heavy atom. The molecule has 4 nitrogen and oxygen atoms in total. The van der Waals surface area contributed by atoms with Crippen LogP contribution in [0.2, 0.25) is 0 Å². The summed E-state index contributed by atoms with van der Waals surface area (Å²) in [6.07, 6.45) is 0. The first-order valence-electron chi connectivity index (χ1n) is 2.15. The van der Waals surface area contributed by atoms with Gasteiger partial charge in [-0.2, -0.15) is 8.42 Å². The Bertz CT molecular complexity index is 159. The molecule has 0 aromatic carbocycles. The first kappa shape index (κ1) is 12.2. The van der Waals surface area contributed by atoms with Crippen molar-refractivity contribution in [2.45, 2.75) is 12.2 Å². The van der Waals surface area contributed by atoms with Crippen LogP contribution in [0.4, 0.5) is 0 Å². The summed E-state index contributed by atoms with van der Waals surface area (Å²) in [6, 6.07) is 0. The third-order valence-corrected chi connectivity index (χ3v) is 2.05. The first-order valence-corrected chi connectivity index (χ1v) is 3.65. The van der Waals surface area contributed by atoms with Gasteiger partial charge in [-0.05, 0) is 6.92 Å². The van der Waals surface area contributed by atoms with E-state index in [0.29, 0.717) is 0 Å². The second-order valence-electron chi connectivity index (χ2n) is 1.56. The molecule has 9 heavy (non-hydrogen) atoms. The topological polar surface area (TPSA) is 80.4 Å². The predicted octanol–water partition coefficient (Wildman–Crippen LogP) is -3.66. The van der Waals surface area contributed by atoms with E-state index in [1.807, 2.05) is 0 Å². The van der Waals surface area contributed by atoms with Crippen LogP contribution in [0.3, 0.4) is 0 Å². The van der Waals surface area contributed by atoms with E-state index in [1.54, 1.807) is 0 Å². The maximum absolute atomic E-state index is 10.0. The average molecular weight is 147 g/mol. The zero-order chi connectivity index (χ0) is 6.78. The molecule has 0 saturated heterocycles. The van der Waals surface area contributed by atoms with E-state index < -0.39 is 15.4 Å². The standard InChI is InChI=1S/C3H9NO3S.Li.H/c1-3(2-4)8(5,6)7;;/h3H,2,4H2,1H3,(H,5,6,7);;/q;+1;-1. The van der Waals surface area contributed by atoms with E-state index >= 15 is 0 Å². The van der Waals surface area contributed by atoms with Crippen molar-refractivity contribution in [1.29, 1.82) is 0 Å². The zero-order valence-electron chi connectivity index (χ0n) is 6.53. The summed E-state index contributed by atoms with van der Waals surface area (Å²) in [7, 11) is -3.88. The molecule has 6 heteroatoms. The van der Waals surface area contributed by atoms with Crippen molar-refractivity contribution in [2.75, 3.05) is 6.54 Å². The third-order valence-electron chi connectivity index (χ3n) is 0.840. The van der Waals surface area contributed by atoms with Crippen molar-refractivity contribution in [3.63, 3.8) is 0 Å². The fraction of sp³-hybridized carbons (Fsp3) is 1.00. The Morgan fingerprint density at radius 1 is 1.78 bits per heavy atom. The third kappa shape index (κ3) is 4.94. The van der Waals surface area contributed by atoms with Gasteiger partial charge in [0, 0.05) is 6.54 Å². The van der Waals surface area contributed by atoms with Crippen LogP contribution in [0.1, 0.15) is 8.35 Å². The summed E-state index contributed by atoms with van der Waals surface area (Å²) in [6.45, 7) is 1.30. The van der Waals surface area contributed by atoms with Gasteiger partial charge in [0.25, 0.3) is 10.1 Å². The Kier molecular flexibility index (Phi) is 5.83. The van der Waals surface area contributed by atoms with E-state index in [2.05, 4.69) is 0 Å². The summed E-state index contributed by atoms with van der Waals surface area (Å²) < 4.78 is 28.3. The molecule has 0 aromatic heterocycles. The summed E-state index contributed by atoms with van der Waals surface area (Å²) in [5.41, 5.74) is 4.92. The van der Waals surface area contributed by atoms with E-state index in [1.165, 1.54) is 6.92 Å².